The molecule has 0 atom stereocenters. The highest BCUT2D eigenvalue weighted by molar-refractivity contribution is 6.32. The van der Waals surface area contributed by atoms with E-state index in [4.69, 9.17) is 16.3 Å². The van der Waals surface area contributed by atoms with E-state index in [0.29, 0.717) is 5.02 Å². The second-order valence-corrected chi connectivity index (χ2v) is 8.58. The van der Waals surface area contributed by atoms with Crippen molar-refractivity contribution in [2.45, 2.75) is 78.2 Å². The second kappa shape index (κ2) is 11.6. The number of ether oxygens (including phenoxy) is 1. The Kier molecular flexibility index (Phi) is 8.88. The molecule has 0 amide bonds. The van der Waals surface area contributed by atoms with Crippen molar-refractivity contribution in [2.24, 2.45) is 0 Å². The maximum atomic E-state index is 6.53. The van der Waals surface area contributed by atoms with Gasteiger partial charge < -0.3 is 4.74 Å². The molecule has 1 aliphatic heterocycles. The largest absolute Gasteiger partial charge is 0.492 e. The number of aromatic nitrogens is 2. The van der Waals surface area contributed by atoms with Crippen LogP contribution in [0, 0.1) is 0 Å². The first kappa shape index (κ1) is 22.2. The van der Waals surface area contributed by atoms with Crippen molar-refractivity contribution in [3.8, 4) is 17.0 Å². The van der Waals surface area contributed by atoms with Crippen LogP contribution in [0.2, 0.25) is 5.02 Å². The van der Waals surface area contributed by atoms with Gasteiger partial charge in [-0.05, 0) is 37.6 Å². The van der Waals surface area contributed by atoms with E-state index < -0.39 is 0 Å². The molecule has 5 heteroatoms. The van der Waals surface area contributed by atoms with Crippen LogP contribution in [0.3, 0.4) is 0 Å². The van der Waals surface area contributed by atoms with Crippen LogP contribution in [0.1, 0.15) is 76.5 Å². The zero-order valence-corrected chi connectivity index (χ0v) is 18.9. The van der Waals surface area contributed by atoms with Crippen LogP contribution in [-0.2, 0) is 13.0 Å². The highest BCUT2D eigenvalue weighted by Gasteiger charge is 2.22. The molecule has 0 bridgehead atoms. The first-order valence-corrected chi connectivity index (χ1v) is 11.8. The molecule has 0 fully saturated rings. The van der Waals surface area contributed by atoms with Gasteiger partial charge in [0, 0.05) is 36.3 Å². The quantitative estimate of drug-likeness (QED) is 0.394. The van der Waals surface area contributed by atoms with Gasteiger partial charge in [0.1, 0.15) is 5.75 Å². The van der Waals surface area contributed by atoms with Gasteiger partial charge in [0.2, 0.25) is 0 Å². The number of benzene rings is 1. The fraction of sp³-hybridized carbons (Fsp3) is 0.625. The standard InChI is InChI=1S/C24H36ClN3O/c1-3-5-6-7-8-9-10-16-29-23-12-11-19(17-21(23)25)24-20-18-28(14-4-2)15-13-22(20)26-27-24/h11-12,17H,3-10,13-16,18H2,1-2H3,(H,26,27). The smallest absolute Gasteiger partial charge is 0.137 e. The summed E-state index contributed by atoms with van der Waals surface area (Å²) in [6.07, 6.45) is 11.2. The average Bonchev–Trinajstić information content (AvgIpc) is 3.14. The summed E-state index contributed by atoms with van der Waals surface area (Å²) < 4.78 is 5.93. The lowest BCUT2D eigenvalue weighted by atomic mass is 10.0. The Morgan fingerprint density at radius 1 is 1.07 bits per heavy atom. The van der Waals surface area contributed by atoms with Gasteiger partial charge in [0.25, 0.3) is 0 Å². The molecule has 0 saturated carbocycles. The van der Waals surface area contributed by atoms with E-state index in [-0.39, 0.29) is 0 Å². The molecule has 2 aromatic rings. The number of nitrogens with zero attached hydrogens (tertiary/aromatic N) is 2. The van der Waals surface area contributed by atoms with Gasteiger partial charge in [-0.25, -0.2) is 0 Å². The van der Waals surface area contributed by atoms with Crippen molar-refractivity contribution in [3.05, 3.63) is 34.5 Å². The molecule has 0 saturated heterocycles. The Morgan fingerprint density at radius 2 is 1.86 bits per heavy atom. The van der Waals surface area contributed by atoms with Crippen molar-refractivity contribution in [1.29, 1.82) is 0 Å². The molecule has 1 N–H and O–H groups in total. The zero-order valence-electron chi connectivity index (χ0n) is 18.1. The lowest BCUT2D eigenvalue weighted by Crippen LogP contribution is -2.31. The maximum absolute atomic E-state index is 6.53. The molecule has 0 aliphatic carbocycles. The van der Waals surface area contributed by atoms with E-state index in [9.17, 15) is 0 Å². The minimum atomic E-state index is 0.670. The van der Waals surface area contributed by atoms with Crippen molar-refractivity contribution < 1.29 is 4.74 Å². The Hall–Kier alpha value is -1.52. The number of rotatable bonds is 12. The summed E-state index contributed by atoms with van der Waals surface area (Å²) in [4.78, 5) is 2.50. The Bertz CT molecular complexity index is 759. The normalized spacial score (nSPS) is 14.2. The number of hydrogen-bond donors (Lipinski definition) is 1. The maximum Gasteiger partial charge on any atom is 0.137 e. The van der Waals surface area contributed by atoms with E-state index >= 15 is 0 Å². The van der Waals surface area contributed by atoms with Crippen LogP contribution in [0.4, 0.5) is 0 Å². The highest BCUT2D eigenvalue weighted by atomic mass is 35.5. The number of aromatic amines is 1. The molecule has 1 aliphatic rings. The van der Waals surface area contributed by atoms with Crippen LogP contribution in [0.15, 0.2) is 18.2 Å². The number of nitrogens with one attached hydrogen (secondary N) is 1. The van der Waals surface area contributed by atoms with Gasteiger partial charge >= 0.3 is 0 Å². The lowest BCUT2D eigenvalue weighted by molar-refractivity contribution is 0.254. The SMILES string of the molecule is CCCCCCCCCOc1ccc(-c2n[nH]c3c2CN(CCC)CC3)cc1Cl. The summed E-state index contributed by atoms with van der Waals surface area (Å²) in [5, 5.41) is 8.51. The topological polar surface area (TPSA) is 41.1 Å². The molecule has 4 nitrogen and oxygen atoms in total. The number of H-pyrrole nitrogens is 1. The molecule has 3 rings (SSSR count). The van der Waals surface area contributed by atoms with E-state index in [1.54, 1.807) is 0 Å². The monoisotopic (exact) mass is 417 g/mol. The van der Waals surface area contributed by atoms with E-state index in [0.717, 1.165) is 56.1 Å². The van der Waals surface area contributed by atoms with Crippen molar-refractivity contribution in [2.75, 3.05) is 19.7 Å². The third kappa shape index (κ3) is 6.23. The third-order valence-corrected chi connectivity index (χ3v) is 6.06. The molecule has 0 radical (unpaired) electrons. The average molecular weight is 418 g/mol. The van der Waals surface area contributed by atoms with Crippen molar-refractivity contribution >= 4 is 11.6 Å². The first-order valence-electron chi connectivity index (χ1n) is 11.4. The van der Waals surface area contributed by atoms with Gasteiger partial charge in [-0.2, -0.15) is 5.10 Å². The van der Waals surface area contributed by atoms with Crippen LogP contribution in [-0.4, -0.2) is 34.8 Å². The number of fused-ring (bicyclic) bond motifs is 1. The van der Waals surface area contributed by atoms with Gasteiger partial charge in [-0.15, -0.1) is 0 Å². The molecule has 1 aromatic heterocycles. The van der Waals surface area contributed by atoms with Crippen LogP contribution < -0.4 is 4.74 Å². The predicted octanol–water partition coefficient (Wildman–Crippen LogP) is 6.63. The van der Waals surface area contributed by atoms with Crippen molar-refractivity contribution in [3.63, 3.8) is 0 Å². The minimum Gasteiger partial charge on any atom is -0.492 e. The van der Waals surface area contributed by atoms with Crippen LogP contribution >= 0.6 is 11.6 Å². The Labute approximate surface area is 181 Å². The van der Waals surface area contributed by atoms with Crippen LogP contribution in [0.5, 0.6) is 5.75 Å². The Balaban J connectivity index is 1.53. The second-order valence-electron chi connectivity index (χ2n) is 8.17. The molecule has 2 heterocycles. The summed E-state index contributed by atoms with van der Waals surface area (Å²) >= 11 is 6.53. The highest BCUT2D eigenvalue weighted by Crippen LogP contribution is 2.33. The molecular weight excluding hydrogens is 382 g/mol. The number of halogens is 1. The fourth-order valence-electron chi connectivity index (χ4n) is 4.10. The molecule has 160 valence electrons. The third-order valence-electron chi connectivity index (χ3n) is 5.76. The number of unbranched alkanes of at least 4 members (excludes halogenated alkanes) is 6. The Morgan fingerprint density at radius 3 is 2.62 bits per heavy atom. The lowest BCUT2D eigenvalue weighted by Gasteiger charge is -2.26. The first-order chi connectivity index (χ1) is 14.2. The molecule has 1 aromatic carbocycles. The summed E-state index contributed by atoms with van der Waals surface area (Å²) in [6, 6.07) is 6.07. The summed E-state index contributed by atoms with van der Waals surface area (Å²) in [7, 11) is 0. The summed E-state index contributed by atoms with van der Waals surface area (Å²) in [5.41, 5.74) is 4.68. The molecule has 0 spiro atoms. The van der Waals surface area contributed by atoms with Gasteiger partial charge in [-0.3, -0.25) is 10.00 Å². The predicted molar refractivity (Wildman–Crippen MR) is 122 cm³/mol. The van der Waals surface area contributed by atoms with E-state index in [2.05, 4.69) is 35.0 Å². The van der Waals surface area contributed by atoms with E-state index in [1.807, 2.05) is 12.1 Å². The van der Waals surface area contributed by atoms with Crippen LogP contribution in [0.25, 0.3) is 11.3 Å². The van der Waals surface area contributed by atoms with Gasteiger partial charge in [-0.1, -0.05) is 64.0 Å². The summed E-state index contributed by atoms with van der Waals surface area (Å²) in [6.45, 7) is 8.42. The number of hydrogen-bond acceptors (Lipinski definition) is 3. The summed E-state index contributed by atoms with van der Waals surface area (Å²) in [5.74, 6) is 0.776. The minimum absolute atomic E-state index is 0.670. The molecule has 29 heavy (non-hydrogen) atoms. The van der Waals surface area contributed by atoms with E-state index in [1.165, 1.54) is 56.2 Å². The van der Waals surface area contributed by atoms with Gasteiger partial charge in [0.05, 0.1) is 17.3 Å². The van der Waals surface area contributed by atoms with Gasteiger partial charge in [0.15, 0.2) is 0 Å². The molecule has 0 unspecified atom stereocenters. The zero-order chi connectivity index (χ0) is 20.5. The van der Waals surface area contributed by atoms with Crippen molar-refractivity contribution in [1.82, 2.24) is 15.1 Å². The molecular formula is C24H36ClN3O. The fourth-order valence-corrected chi connectivity index (χ4v) is 4.34.